The van der Waals surface area contributed by atoms with Gasteiger partial charge < -0.3 is 28.4 Å². The predicted octanol–water partition coefficient (Wildman–Crippen LogP) is 0.00600. The van der Waals surface area contributed by atoms with E-state index in [-0.39, 0.29) is 13.2 Å². The van der Waals surface area contributed by atoms with Gasteiger partial charge in [-0.15, -0.1) is 0 Å². The van der Waals surface area contributed by atoms with E-state index in [1.54, 1.807) is 0 Å². The molecule has 0 fully saturated rings. The van der Waals surface area contributed by atoms with Crippen LogP contribution in [0, 0.1) is 0 Å². The summed E-state index contributed by atoms with van der Waals surface area (Å²) < 4.78 is 30.7. The third kappa shape index (κ3) is 9.33. The van der Waals surface area contributed by atoms with Gasteiger partial charge in [0.15, 0.2) is 18.3 Å². The highest BCUT2D eigenvalue weighted by molar-refractivity contribution is 5.68. The zero-order valence-corrected chi connectivity index (χ0v) is 15.8. The van der Waals surface area contributed by atoms with Crippen LogP contribution in [0.25, 0.3) is 0 Å². The summed E-state index contributed by atoms with van der Waals surface area (Å²) in [5.41, 5.74) is 0. The molecule has 0 saturated carbocycles. The molecule has 10 nitrogen and oxygen atoms in total. The van der Waals surface area contributed by atoms with Gasteiger partial charge in [0.1, 0.15) is 12.7 Å². The molecule has 0 aromatic carbocycles. The molecule has 0 unspecified atom stereocenters. The molecule has 0 N–H and O–H groups in total. The lowest BCUT2D eigenvalue weighted by Crippen LogP contribution is -2.53. The SMILES string of the molecule is COC[C@@H](OC(C)=O)[C@@H](OC(C)=O)[C@H](OC(C)=O)[C@H](COC(C)=O)OC. The summed E-state index contributed by atoms with van der Waals surface area (Å²) in [7, 11) is 2.65. The van der Waals surface area contributed by atoms with Crippen molar-refractivity contribution in [3.63, 3.8) is 0 Å². The Balaban J connectivity index is 5.79. The Hall–Kier alpha value is -2.20. The molecule has 26 heavy (non-hydrogen) atoms. The Kier molecular flexibility index (Phi) is 11.2. The maximum atomic E-state index is 11.5. The van der Waals surface area contributed by atoms with Crippen LogP contribution >= 0.6 is 0 Å². The van der Waals surface area contributed by atoms with Crippen molar-refractivity contribution in [3.8, 4) is 0 Å². The summed E-state index contributed by atoms with van der Waals surface area (Å²) in [4.78, 5) is 45.6. The van der Waals surface area contributed by atoms with Crippen molar-refractivity contribution < 1.29 is 47.6 Å². The number of hydrogen-bond donors (Lipinski definition) is 0. The molecular formula is C16H26O10. The van der Waals surface area contributed by atoms with Crippen LogP contribution in [0.1, 0.15) is 27.7 Å². The van der Waals surface area contributed by atoms with Crippen molar-refractivity contribution in [1.29, 1.82) is 0 Å². The summed E-state index contributed by atoms with van der Waals surface area (Å²) in [6.07, 6.45) is -4.54. The predicted molar refractivity (Wildman–Crippen MR) is 86.0 cm³/mol. The highest BCUT2D eigenvalue weighted by atomic mass is 16.6. The molecule has 0 aliphatic heterocycles. The second kappa shape index (κ2) is 12.2. The fraction of sp³-hybridized carbons (Fsp3) is 0.750. The van der Waals surface area contributed by atoms with Crippen molar-refractivity contribution in [3.05, 3.63) is 0 Å². The highest BCUT2D eigenvalue weighted by Gasteiger charge is 2.42. The fourth-order valence-electron chi connectivity index (χ4n) is 2.16. The van der Waals surface area contributed by atoms with E-state index in [1.807, 2.05) is 0 Å². The van der Waals surface area contributed by atoms with Gasteiger partial charge in [-0.05, 0) is 0 Å². The monoisotopic (exact) mass is 378 g/mol. The van der Waals surface area contributed by atoms with Crippen molar-refractivity contribution >= 4 is 23.9 Å². The Morgan fingerprint density at radius 1 is 0.654 bits per heavy atom. The Bertz CT molecular complexity index is 489. The average molecular weight is 378 g/mol. The molecule has 150 valence electrons. The lowest BCUT2D eigenvalue weighted by Gasteiger charge is -2.35. The largest absolute Gasteiger partial charge is 0.463 e. The first-order valence-corrected chi connectivity index (χ1v) is 7.79. The third-order valence-corrected chi connectivity index (χ3v) is 3.06. The quantitative estimate of drug-likeness (QED) is 0.358. The van der Waals surface area contributed by atoms with Crippen molar-refractivity contribution in [1.82, 2.24) is 0 Å². The minimum absolute atomic E-state index is 0.140. The Morgan fingerprint density at radius 2 is 1.12 bits per heavy atom. The molecule has 0 amide bonds. The highest BCUT2D eigenvalue weighted by Crippen LogP contribution is 2.19. The minimum Gasteiger partial charge on any atom is -0.463 e. The molecule has 0 aromatic heterocycles. The minimum atomic E-state index is -1.25. The van der Waals surface area contributed by atoms with E-state index in [2.05, 4.69) is 0 Å². The van der Waals surface area contributed by atoms with Crippen molar-refractivity contribution in [2.24, 2.45) is 0 Å². The molecule has 0 rings (SSSR count). The molecule has 4 atom stereocenters. The maximum absolute atomic E-state index is 11.5. The van der Waals surface area contributed by atoms with Gasteiger partial charge in [-0.25, -0.2) is 0 Å². The first-order valence-electron chi connectivity index (χ1n) is 7.79. The van der Waals surface area contributed by atoms with Crippen molar-refractivity contribution in [2.45, 2.75) is 52.1 Å². The molecule has 0 spiro atoms. The van der Waals surface area contributed by atoms with Crippen molar-refractivity contribution in [2.75, 3.05) is 27.4 Å². The number of methoxy groups -OCH3 is 2. The number of rotatable bonds is 11. The van der Waals surface area contributed by atoms with Gasteiger partial charge >= 0.3 is 23.9 Å². The van der Waals surface area contributed by atoms with E-state index in [0.29, 0.717) is 0 Å². The van der Waals surface area contributed by atoms with Crippen LogP contribution in [0.4, 0.5) is 0 Å². The standard InChI is InChI=1S/C16H26O10/c1-9(17)23-8-13(22-6)15(25-11(3)19)16(26-12(4)20)14(7-21-5)24-10(2)18/h13-16H,7-8H2,1-6H3/t13-,14+,15+,16+/m0/s1. The molecule has 0 aromatic rings. The van der Waals surface area contributed by atoms with Crippen LogP contribution < -0.4 is 0 Å². The Morgan fingerprint density at radius 3 is 1.46 bits per heavy atom. The van der Waals surface area contributed by atoms with Crippen LogP contribution in [0.3, 0.4) is 0 Å². The molecule has 0 aliphatic carbocycles. The van der Waals surface area contributed by atoms with E-state index in [1.165, 1.54) is 28.1 Å². The maximum Gasteiger partial charge on any atom is 0.303 e. The van der Waals surface area contributed by atoms with Crippen LogP contribution in [0.15, 0.2) is 0 Å². The van der Waals surface area contributed by atoms with Gasteiger partial charge in [0.05, 0.1) is 6.61 Å². The lowest BCUT2D eigenvalue weighted by molar-refractivity contribution is -0.202. The second-order valence-corrected chi connectivity index (χ2v) is 5.33. The summed E-state index contributed by atoms with van der Waals surface area (Å²) in [6.45, 7) is 4.24. The summed E-state index contributed by atoms with van der Waals surface area (Å²) in [5, 5.41) is 0. The second-order valence-electron chi connectivity index (χ2n) is 5.33. The average Bonchev–Trinajstić information content (AvgIpc) is 2.50. The normalized spacial score (nSPS) is 15.2. The smallest absolute Gasteiger partial charge is 0.303 e. The van der Waals surface area contributed by atoms with Crippen LogP contribution in [-0.4, -0.2) is 75.7 Å². The molecular weight excluding hydrogens is 352 g/mol. The van der Waals surface area contributed by atoms with E-state index < -0.39 is 48.3 Å². The van der Waals surface area contributed by atoms with Crippen LogP contribution in [-0.2, 0) is 47.6 Å². The zero-order valence-electron chi connectivity index (χ0n) is 15.8. The lowest BCUT2D eigenvalue weighted by atomic mass is 10.0. The number of hydrogen-bond acceptors (Lipinski definition) is 10. The summed E-state index contributed by atoms with van der Waals surface area (Å²) in [5.74, 6) is -2.63. The molecule has 0 aliphatic rings. The van der Waals surface area contributed by atoms with Crippen LogP contribution in [0.2, 0.25) is 0 Å². The number of carbonyl (C=O) groups excluding carboxylic acids is 4. The molecule has 0 heterocycles. The zero-order chi connectivity index (χ0) is 20.3. The number of esters is 4. The molecule has 10 heteroatoms. The van der Waals surface area contributed by atoms with Crippen LogP contribution in [0.5, 0.6) is 0 Å². The van der Waals surface area contributed by atoms with Gasteiger partial charge in [-0.3, -0.25) is 19.2 Å². The third-order valence-electron chi connectivity index (χ3n) is 3.06. The van der Waals surface area contributed by atoms with Gasteiger partial charge in [-0.1, -0.05) is 0 Å². The van der Waals surface area contributed by atoms with E-state index >= 15 is 0 Å². The molecule has 0 radical (unpaired) electrons. The van der Waals surface area contributed by atoms with E-state index in [4.69, 9.17) is 28.4 Å². The van der Waals surface area contributed by atoms with E-state index in [0.717, 1.165) is 13.8 Å². The molecule has 0 saturated heterocycles. The summed E-state index contributed by atoms with van der Waals surface area (Å²) >= 11 is 0. The van der Waals surface area contributed by atoms with Gasteiger partial charge in [0.25, 0.3) is 0 Å². The number of ether oxygens (including phenoxy) is 6. The van der Waals surface area contributed by atoms with Gasteiger partial charge in [-0.2, -0.15) is 0 Å². The molecule has 0 bridgehead atoms. The first-order chi connectivity index (χ1) is 12.1. The number of carbonyl (C=O) groups is 4. The van der Waals surface area contributed by atoms with Gasteiger partial charge in [0.2, 0.25) is 0 Å². The van der Waals surface area contributed by atoms with E-state index in [9.17, 15) is 19.2 Å². The Labute approximate surface area is 152 Å². The van der Waals surface area contributed by atoms with Gasteiger partial charge in [0, 0.05) is 41.9 Å². The topological polar surface area (TPSA) is 124 Å². The first kappa shape index (κ1) is 23.8. The fourth-order valence-corrected chi connectivity index (χ4v) is 2.16. The summed E-state index contributed by atoms with van der Waals surface area (Å²) in [6, 6.07) is 0.